The number of aliphatic hydroxyl groups excluding tert-OH is 1. The minimum absolute atomic E-state index is 0.492. The number of nitrogens with one attached hydrogen (secondary N) is 1. The number of hydrogen-bond acceptors (Lipinski definition) is 4. The van der Waals surface area contributed by atoms with Gasteiger partial charge in [-0.25, -0.2) is 0 Å². The van der Waals surface area contributed by atoms with Crippen LogP contribution in [0.25, 0.3) is 0 Å². The molecule has 2 heterocycles. The van der Waals surface area contributed by atoms with Crippen molar-refractivity contribution in [2.24, 2.45) is 0 Å². The van der Waals surface area contributed by atoms with E-state index in [0.717, 1.165) is 30.6 Å². The predicted octanol–water partition coefficient (Wildman–Crippen LogP) is 1.93. The number of hydrogen-bond donors (Lipinski definition) is 2. The maximum absolute atomic E-state index is 10.2. The standard InChI is InChI=1S/C15H20N4O/c1-2-19-10-11(8-18-19)15(20)9-17-14-6-7-16-13-5-3-4-12(13)14/h6-8,10,15,20H,2-5,9H2,1H3,(H,16,17). The Kier molecular flexibility index (Phi) is 3.69. The number of aliphatic hydroxyl groups is 1. The summed E-state index contributed by atoms with van der Waals surface area (Å²) in [6, 6.07) is 1.99. The van der Waals surface area contributed by atoms with Crippen LogP contribution in [0.3, 0.4) is 0 Å². The number of pyridine rings is 1. The molecular weight excluding hydrogens is 252 g/mol. The Morgan fingerprint density at radius 2 is 2.35 bits per heavy atom. The summed E-state index contributed by atoms with van der Waals surface area (Å²) in [7, 11) is 0. The van der Waals surface area contributed by atoms with E-state index in [1.165, 1.54) is 17.7 Å². The zero-order valence-corrected chi connectivity index (χ0v) is 11.7. The highest BCUT2D eigenvalue weighted by Crippen LogP contribution is 2.27. The summed E-state index contributed by atoms with van der Waals surface area (Å²) in [5.74, 6) is 0. The first-order valence-corrected chi connectivity index (χ1v) is 7.19. The van der Waals surface area contributed by atoms with Crippen LogP contribution >= 0.6 is 0 Å². The van der Waals surface area contributed by atoms with Crippen molar-refractivity contribution in [2.45, 2.75) is 38.8 Å². The average Bonchev–Trinajstić information content (AvgIpc) is 3.13. The molecule has 2 aromatic heterocycles. The lowest BCUT2D eigenvalue weighted by Gasteiger charge is -2.14. The van der Waals surface area contributed by atoms with E-state index in [0.29, 0.717) is 6.54 Å². The lowest BCUT2D eigenvalue weighted by atomic mass is 10.1. The average molecular weight is 272 g/mol. The largest absolute Gasteiger partial charge is 0.386 e. The summed E-state index contributed by atoms with van der Waals surface area (Å²) >= 11 is 0. The van der Waals surface area contributed by atoms with Gasteiger partial charge in [0.2, 0.25) is 0 Å². The molecule has 0 saturated heterocycles. The van der Waals surface area contributed by atoms with Crippen LogP contribution in [0.4, 0.5) is 5.69 Å². The third kappa shape index (κ3) is 2.54. The molecule has 0 bridgehead atoms. The first kappa shape index (κ1) is 13.1. The van der Waals surface area contributed by atoms with Crippen LogP contribution in [0.5, 0.6) is 0 Å². The van der Waals surface area contributed by atoms with E-state index in [4.69, 9.17) is 0 Å². The van der Waals surface area contributed by atoms with Crippen molar-refractivity contribution in [1.29, 1.82) is 0 Å². The van der Waals surface area contributed by atoms with Gasteiger partial charge in [0.1, 0.15) is 0 Å². The van der Waals surface area contributed by atoms with Crippen LogP contribution < -0.4 is 5.32 Å². The number of rotatable bonds is 5. The number of aryl methyl sites for hydroxylation is 2. The molecular formula is C15H20N4O. The predicted molar refractivity (Wildman–Crippen MR) is 77.6 cm³/mol. The molecule has 0 amide bonds. The van der Waals surface area contributed by atoms with Crippen LogP contribution in [0.2, 0.25) is 0 Å². The molecule has 5 heteroatoms. The molecule has 5 nitrogen and oxygen atoms in total. The minimum Gasteiger partial charge on any atom is -0.386 e. The third-order valence-corrected chi connectivity index (χ3v) is 3.83. The lowest BCUT2D eigenvalue weighted by molar-refractivity contribution is 0.191. The first-order chi connectivity index (χ1) is 9.78. The molecule has 0 aliphatic heterocycles. The van der Waals surface area contributed by atoms with Crippen LogP contribution in [0.1, 0.15) is 36.3 Å². The Bertz CT molecular complexity index is 593. The topological polar surface area (TPSA) is 63.0 Å². The minimum atomic E-state index is -0.541. The molecule has 1 aliphatic rings. The molecule has 3 rings (SSSR count). The summed E-state index contributed by atoms with van der Waals surface area (Å²) in [4.78, 5) is 4.40. The van der Waals surface area contributed by atoms with E-state index in [9.17, 15) is 5.11 Å². The van der Waals surface area contributed by atoms with E-state index in [1.807, 2.05) is 30.1 Å². The number of fused-ring (bicyclic) bond motifs is 1. The van der Waals surface area contributed by atoms with E-state index in [-0.39, 0.29) is 0 Å². The molecule has 1 atom stereocenters. The molecule has 2 N–H and O–H groups in total. The van der Waals surface area contributed by atoms with Gasteiger partial charge in [-0.1, -0.05) is 0 Å². The molecule has 0 aromatic carbocycles. The van der Waals surface area contributed by atoms with Crippen LogP contribution in [-0.2, 0) is 19.4 Å². The van der Waals surface area contributed by atoms with Crippen molar-refractivity contribution >= 4 is 5.69 Å². The second-order valence-corrected chi connectivity index (χ2v) is 5.16. The summed E-state index contributed by atoms with van der Waals surface area (Å²) in [5, 5.41) is 17.7. The lowest BCUT2D eigenvalue weighted by Crippen LogP contribution is -2.13. The molecule has 106 valence electrons. The Labute approximate surface area is 118 Å². The van der Waals surface area contributed by atoms with Crippen molar-refractivity contribution < 1.29 is 5.11 Å². The Balaban J connectivity index is 1.66. The maximum Gasteiger partial charge on any atom is 0.0992 e. The number of aromatic nitrogens is 3. The molecule has 1 unspecified atom stereocenters. The second kappa shape index (κ2) is 5.63. The zero-order valence-electron chi connectivity index (χ0n) is 11.7. The molecule has 2 aromatic rings. The molecule has 0 fully saturated rings. The van der Waals surface area contributed by atoms with E-state index >= 15 is 0 Å². The molecule has 0 saturated carbocycles. The van der Waals surface area contributed by atoms with Crippen LogP contribution in [0, 0.1) is 0 Å². The van der Waals surface area contributed by atoms with Crippen molar-refractivity contribution in [3.05, 3.63) is 41.5 Å². The summed E-state index contributed by atoms with van der Waals surface area (Å²) in [5.41, 5.74) is 4.46. The molecule has 1 aliphatic carbocycles. The summed E-state index contributed by atoms with van der Waals surface area (Å²) in [6.07, 6.45) is 8.24. The van der Waals surface area contributed by atoms with Gasteiger partial charge in [-0.15, -0.1) is 0 Å². The first-order valence-electron chi connectivity index (χ1n) is 7.19. The highest BCUT2D eigenvalue weighted by Gasteiger charge is 2.16. The third-order valence-electron chi connectivity index (χ3n) is 3.83. The molecule has 0 radical (unpaired) electrons. The van der Waals surface area contributed by atoms with Gasteiger partial charge in [-0.3, -0.25) is 9.67 Å². The Morgan fingerprint density at radius 3 is 3.15 bits per heavy atom. The number of anilines is 1. The van der Waals surface area contributed by atoms with Crippen LogP contribution in [-0.4, -0.2) is 26.4 Å². The fourth-order valence-corrected chi connectivity index (χ4v) is 2.68. The van der Waals surface area contributed by atoms with Crippen molar-refractivity contribution in [3.8, 4) is 0 Å². The number of nitrogens with zero attached hydrogens (tertiary/aromatic N) is 3. The van der Waals surface area contributed by atoms with Gasteiger partial charge in [0, 0.05) is 42.4 Å². The van der Waals surface area contributed by atoms with Gasteiger partial charge >= 0.3 is 0 Å². The van der Waals surface area contributed by atoms with Gasteiger partial charge in [0.15, 0.2) is 0 Å². The molecule has 0 spiro atoms. The van der Waals surface area contributed by atoms with Crippen molar-refractivity contribution in [3.63, 3.8) is 0 Å². The van der Waals surface area contributed by atoms with Crippen molar-refractivity contribution in [2.75, 3.05) is 11.9 Å². The summed E-state index contributed by atoms with van der Waals surface area (Å²) < 4.78 is 1.82. The maximum atomic E-state index is 10.2. The Hall–Kier alpha value is -1.88. The summed E-state index contributed by atoms with van der Waals surface area (Å²) in [6.45, 7) is 3.34. The molecule has 20 heavy (non-hydrogen) atoms. The SMILES string of the molecule is CCn1cc(C(O)CNc2ccnc3c2CCC3)cn1. The zero-order chi connectivity index (χ0) is 13.9. The fourth-order valence-electron chi connectivity index (χ4n) is 2.68. The van der Waals surface area contributed by atoms with Gasteiger partial charge in [0.25, 0.3) is 0 Å². The second-order valence-electron chi connectivity index (χ2n) is 5.16. The smallest absolute Gasteiger partial charge is 0.0992 e. The van der Waals surface area contributed by atoms with Crippen LogP contribution in [0.15, 0.2) is 24.7 Å². The van der Waals surface area contributed by atoms with Crippen molar-refractivity contribution in [1.82, 2.24) is 14.8 Å². The normalized spacial score (nSPS) is 15.1. The highest BCUT2D eigenvalue weighted by atomic mass is 16.3. The van der Waals surface area contributed by atoms with Gasteiger partial charge in [-0.05, 0) is 37.8 Å². The van der Waals surface area contributed by atoms with E-state index < -0.39 is 6.10 Å². The highest BCUT2D eigenvalue weighted by molar-refractivity contribution is 5.54. The quantitative estimate of drug-likeness (QED) is 0.873. The monoisotopic (exact) mass is 272 g/mol. The van der Waals surface area contributed by atoms with E-state index in [2.05, 4.69) is 15.4 Å². The van der Waals surface area contributed by atoms with Gasteiger partial charge in [-0.2, -0.15) is 5.10 Å². The Morgan fingerprint density at radius 1 is 1.45 bits per heavy atom. The van der Waals surface area contributed by atoms with Gasteiger partial charge in [0.05, 0.1) is 12.3 Å². The van der Waals surface area contributed by atoms with E-state index in [1.54, 1.807) is 6.20 Å². The van der Waals surface area contributed by atoms with Gasteiger partial charge < -0.3 is 10.4 Å². The fraction of sp³-hybridized carbons (Fsp3) is 0.467.